The molecule has 0 bridgehead atoms. The van der Waals surface area contributed by atoms with Crippen LogP contribution in [0.3, 0.4) is 0 Å². The summed E-state index contributed by atoms with van der Waals surface area (Å²) in [6.45, 7) is 0. The van der Waals surface area contributed by atoms with Crippen LogP contribution in [0.2, 0.25) is 5.15 Å². The summed E-state index contributed by atoms with van der Waals surface area (Å²) in [4.78, 5) is 17.0. The van der Waals surface area contributed by atoms with Gasteiger partial charge < -0.3 is 4.90 Å². The van der Waals surface area contributed by atoms with Gasteiger partial charge in [-0.25, -0.2) is 4.98 Å². The van der Waals surface area contributed by atoms with E-state index in [0.29, 0.717) is 10.7 Å². The second-order valence-corrected chi connectivity index (χ2v) is 4.13. The lowest BCUT2D eigenvalue weighted by Gasteiger charge is -2.16. The maximum absolute atomic E-state index is 10.9. The highest BCUT2D eigenvalue weighted by Crippen LogP contribution is 2.28. The van der Waals surface area contributed by atoms with Gasteiger partial charge in [0.15, 0.2) is 6.29 Å². The zero-order valence-corrected chi connectivity index (χ0v) is 9.82. The summed E-state index contributed by atoms with van der Waals surface area (Å²) < 4.78 is 0. The maximum Gasteiger partial charge on any atom is 0.150 e. The molecule has 0 N–H and O–H groups in total. The monoisotopic (exact) mass is 234 g/mol. The zero-order valence-electron chi connectivity index (χ0n) is 9.07. The minimum Gasteiger partial charge on any atom is -0.377 e. The van der Waals surface area contributed by atoms with Crippen molar-refractivity contribution >= 4 is 34.3 Å². The highest BCUT2D eigenvalue weighted by molar-refractivity contribution is 6.30. The third-order valence-corrected chi connectivity index (χ3v) is 2.69. The molecule has 1 heterocycles. The van der Waals surface area contributed by atoms with E-state index in [2.05, 4.69) is 4.98 Å². The predicted molar refractivity (Wildman–Crippen MR) is 66.5 cm³/mol. The molecular formula is C12H11ClN2O. The predicted octanol–water partition coefficient (Wildman–Crippen LogP) is 2.77. The first-order valence-electron chi connectivity index (χ1n) is 4.84. The Balaban J connectivity index is 2.85. The van der Waals surface area contributed by atoms with Crippen molar-refractivity contribution in [1.29, 1.82) is 0 Å². The minimum atomic E-state index is 0.395. The molecule has 0 unspecified atom stereocenters. The van der Waals surface area contributed by atoms with E-state index in [4.69, 9.17) is 11.6 Å². The lowest BCUT2D eigenvalue weighted by atomic mass is 10.1. The number of pyridine rings is 1. The molecule has 0 saturated heterocycles. The van der Waals surface area contributed by atoms with Crippen molar-refractivity contribution in [2.45, 2.75) is 0 Å². The third-order valence-electron chi connectivity index (χ3n) is 2.49. The first-order chi connectivity index (χ1) is 7.63. The number of benzene rings is 1. The topological polar surface area (TPSA) is 33.2 Å². The second-order valence-electron chi connectivity index (χ2n) is 3.74. The van der Waals surface area contributed by atoms with Gasteiger partial charge in [0.05, 0.1) is 0 Å². The molecule has 4 heteroatoms. The Hall–Kier alpha value is -1.61. The number of aromatic nitrogens is 1. The van der Waals surface area contributed by atoms with E-state index in [0.717, 1.165) is 22.7 Å². The summed E-state index contributed by atoms with van der Waals surface area (Å²) in [6.07, 6.45) is 2.53. The normalized spacial score (nSPS) is 10.4. The Morgan fingerprint density at radius 3 is 2.69 bits per heavy atom. The Morgan fingerprint density at radius 1 is 1.31 bits per heavy atom. The summed E-state index contributed by atoms with van der Waals surface area (Å²) in [5, 5.41) is 2.16. The average molecular weight is 235 g/mol. The molecule has 0 fully saturated rings. The fraction of sp³-hybridized carbons (Fsp3) is 0.167. The van der Waals surface area contributed by atoms with Crippen LogP contribution in [-0.2, 0) is 0 Å². The molecule has 0 radical (unpaired) electrons. The largest absolute Gasteiger partial charge is 0.377 e. The van der Waals surface area contributed by atoms with E-state index in [9.17, 15) is 4.79 Å². The third kappa shape index (κ3) is 1.74. The molecule has 1 aromatic heterocycles. The molecule has 0 saturated carbocycles. The van der Waals surface area contributed by atoms with Gasteiger partial charge in [0.1, 0.15) is 5.15 Å². The van der Waals surface area contributed by atoms with E-state index < -0.39 is 0 Å². The number of halogens is 1. The highest BCUT2D eigenvalue weighted by Gasteiger charge is 2.08. The van der Waals surface area contributed by atoms with Crippen LogP contribution in [0.5, 0.6) is 0 Å². The number of carbonyl (C=O) groups is 1. The Bertz CT molecular complexity index is 552. The van der Waals surface area contributed by atoms with Gasteiger partial charge in [-0.05, 0) is 23.6 Å². The van der Waals surface area contributed by atoms with Crippen LogP contribution in [-0.4, -0.2) is 25.4 Å². The number of hydrogen-bond acceptors (Lipinski definition) is 3. The average Bonchev–Trinajstić information content (AvgIpc) is 2.27. The van der Waals surface area contributed by atoms with Crippen LogP contribution in [0, 0.1) is 0 Å². The number of carbonyl (C=O) groups excluding carboxylic acids is 1. The van der Waals surface area contributed by atoms with Gasteiger partial charge >= 0.3 is 0 Å². The fourth-order valence-electron chi connectivity index (χ4n) is 1.71. The Morgan fingerprint density at radius 2 is 2.06 bits per heavy atom. The Kier molecular flexibility index (Phi) is 2.79. The lowest BCUT2D eigenvalue weighted by Crippen LogP contribution is -2.09. The highest BCUT2D eigenvalue weighted by atomic mass is 35.5. The van der Waals surface area contributed by atoms with E-state index in [-0.39, 0.29) is 0 Å². The number of hydrogen-bond donors (Lipinski definition) is 0. The smallest absolute Gasteiger partial charge is 0.150 e. The molecule has 0 atom stereocenters. The van der Waals surface area contributed by atoms with Crippen LogP contribution in [0.1, 0.15) is 10.4 Å². The van der Waals surface area contributed by atoms with E-state index in [1.165, 1.54) is 0 Å². The maximum atomic E-state index is 10.9. The number of nitrogens with zero attached hydrogens (tertiary/aromatic N) is 2. The number of anilines is 1. The van der Waals surface area contributed by atoms with Crippen molar-refractivity contribution < 1.29 is 4.79 Å². The molecular weight excluding hydrogens is 224 g/mol. The van der Waals surface area contributed by atoms with Gasteiger partial charge in [0.2, 0.25) is 0 Å². The van der Waals surface area contributed by atoms with E-state index in [1.54, 1.807) is 18.3 Å². The molecule has 3 nitrogen and oxygen atoms in total. The number of rotatable bonds is 2. The Labute approximate surface area is 98.7 Å². The summed E-state index contributed by atoms with van der Waals surface area (Å²) in [5.74, 6) is 0. The molecule has 0 spiro atoms. The van der Waals surface area contributed by atoms with Gasteiger partial charge in [-0.15, -0.1) is 0 Å². The molecule has 2 aromatic rings. The van der Waals surface area contributed by atoms with Crippen LogP contribution in [0.4, 0.5) is 5.69 Å². The van der Waals surface area contributed by atoms with Gasteiger partial charge in [0, 0.05) is 36.9 Å². The molecule has 82 valence electrons. The van der Waals surface area contributed by atoms with Crippen molar-refractivity contribution in [3.8, 4) is 0 Å². The van der Waals surface area contributed by atoms with Crippen LogP contribution in [0.15, 0.2) is 24.4 Å². The molecule has 0 aliphatic carbocycles. The number of aldehydes is 1. The van der Waals surface area contributed by atoms with E-state index >= 15 is 0 Å². The van der Waals surface area contributed by atoms with Crippen molar-refractivity contribution in [1.82, 2.24) is 4.98 Å². The molecule has 16 heavy (non-hydrogen) atoms. The van der Waals surface area contributed by atoms with Crippen LogP contribution in [0.25, 0.3) is 10.8 Å². The van der Waals surface area contributed by atoms with Crippen molar-refractivity contribution in [3.63, 3.8) is 0 Å². The first-order valence-corrected chi connectivity index (χ1v) is 5.22. The number of fused-ring (bicyclic) bond motifs is 1. The summed E-state index contributed by atoms with van der Waals surface area (Å²) >= 11 is 5.84. The van der Waals surface area contributed by atoms with Gasteiger partial charge in [-0.3, -0.25) is 4.79 Å². The quantitative estimate of drug-likeness (QED) is 0.592. The van der Waals surface area contributed by atoms with Crippen LogP contribution >= 0.6 is 11.6 Å². The SMILES string of the molecule is CN(C)c1ccc(C=O)c2cc(Cl)ncc12. The van der Waals surface area contributed by atoms with Crippen LogP contribution < -0.4 is 4.90 Å². The van der Waals surface area contributed by atoms with Crippen molar-refractivity contribution in [3.05, 3.63) is 35.1 Å². The molecule has 0 amide bonds. The lowest BCUT2D eigenvalue weighted by molar-refractivity contribution is 0.112. The van der Waals surface area contributed by atoms with Gasteiger partial charge in [0.25, 0.3) is 0 Å². The first kappa shape index (κ1) is 10.9. The van der Waals surface area contributed by atoms with Gasteiger partial charge in [-0.1, -0.05) is 11.6 Å². The zero-order chi connectivity index (χ0) is 11.7. The minimum absolute atomic E-state index is 0.395. The fourth-order valence-corrected chi connectivity index (χ4v) is 1.87. The summed E-state index contributed by atoms with van der Waals surface area (Å²) in [7, 11) is 3.90. The summed E-state index contributed by atoms with van der Waals surface area (Å²) in [5.41, 5.74) is 1.65. The molecule has 2 rings (SSSR count). The molecule has 0 aliphatic rings. The standard InChI is InChI=1S/C12H11ClN2O/c1-15(2)11-4-3-8(7-16)9-5-12(13)14-6-10(9)11/h3-7H,1-2H3. The van der Waals surface area contributed by atoms with Gasteiger partial charge in [-0.2, -0.15) is 0 Å². The summed E-state index contributed by atoms with van der Waals surface area (Å²) in [6, 6.07) is 5.41. The molecule has 1 aromatic carbocycles. The molecule has 0 aliphatic heterocycles. The van der Waals surface area contributed by atoms with E-state index in [1.807, 2.05) is 25.1 Å². The van der Waals surface area contributed by atoms with Crippen molar-refractivity contribution in [2.75, 3.05) is 19.0 Å². The second kappa shape index (κ2) is 4.10. The van der Waals surface area contributed by atoms with Crippen molar-refractivity contribution in [2.24, 2.45) is 0 Å².